The molecule has 110 valence electrons. The van der Waals surface area contributed by atoms with E-state index in [1.807, 2.05) is 0 Å². The molecule has 1 aliphatic rings. The van der Waals surface area contributed by atoms with Crippen LogP contribution < -0.4 is 11.1 Å². The number of aromatic amines is 1. The van der Waals surface area contributed by atoms with Gasteiger partial charge in [-0.25, -0.2) is 0 Å². The van der Waals surface area contributed by atoms with E-state index >= 15 is 0 Å². The molecule has 2 rings (SSSR count). The second kappa shape index (κ2) is 5.91. The predicted molar refractivity (Wildman–Crippen MR) is 72.1 cm³/mol. The molecule has 1 saturated heterocycles. The molecule has 0 bridgehead atoms. The summed E-state index contributed by atoms with van der Waals surface area (Å²) in [5, 5.41) is 9.08. The van der Waals surface area contributed by atoms with Crippen molar-refractivity contribution in [2.45, 2.75) is 19.9 Å². The van der Waals surface area contributed by atoms with Crippen LogP contribution in [0.15, 0.2) is 0 Å². The first-order valence-corrected chi connectivity index (χ1v) is 6.48. The smallest absolute Gasteiger partial charge is 0.274 e. The molecular formula is C12H19N5O3. The van der Waals surface area contributed by atoms with Crippen LogP contribution in [0.1, 0.15) is 23.1 Å². The van der Waals surface area contributed by atoms with Gasteiger partial charge in [0, 0.05) is 13.1 Å². The predicted octanol–water partition coefficient (Wildman–Crippen LogP) is -0.723. The molecule has 8 nitrogen and oxygen atoms in total. The van der Waals surface area contributed by atoms with Crippen molar-refractivity contribution in [2.24, 2.45) is 0 Å². The summed E-state index contributed by atoms with van der Waals surface area (Å²) in [5.41, 5.74) is 6.77. The first-order chi connectivity index (χ1) is 9.50. The van der Waals surface area contributed by atoms with Gasteiger partial charge in [0.2, 0.25) is 5.91 Å². The maximum atomic E-state index is 12.2. The molecule has 0 saturated carbocycles. The molecule has 20 heavy (non-hydrogen) atoms. The number of carbonyl (C=O) groups is 2. The van der Waals surface area contributed by atoms with Gasteiger partial charge < -0.3 is 20.7 Å². The summed E-state index contributed by atoms with van der Waals surface area (Å²) < 4.78 is 5.19. The second-order valence-corrected chi connectivity index (χ2v) is 4.74. The molecule has 4 N–H and O–H groups in total. The Morgan fingerprint density at radius 3 is 2.65 bits per heavy atom. The first kappa shape index (κ1) is 14.3. The number of rotatable bonds is 3. The minimum atomic E-state index is -0.628. The lowest BCUT2D eigenvalue weighted by Gasteiger charge is -2.29. The molecule has 2 heterocycles. The Morgan fingerprint density at radius 1 is 1.45 bits per heavy atom. The van der Waals surface area contributed by atoms with Gasteiger partial charge in [0.1, 0.15) is 6.04 Å². The topological polar surface area (TPSA) is 113 Å². The first-order valence-electron chi connectivity index (χ1n) is 6.48. The van der Waals surface area contributed by atoms with Crippen LogP contribution in [0.2, 0.25) is 0 Å². The molecule has 1 atom stereocenters. The highest BCUT2D eigenvalue weighted by atomic mass is 16.5. The summed E-state index contributed by atoms with van der Waals surface area (Å²) in [5.74, 6) is -0.589. The molecule has 0 radical (unpaired) electrons. The summed E-state index contributed by atoms with van der Waals surface area (Å²) in [7, 11) is 0. The second-order valence-electron chi connectivity index (χ2n) is 4.74. The number of nitrogens with one attached hydrogen (secondary N) is 2. The Kier molecular flexibility index (Phi) is 4.23. The number of morpholine rings is 1. The minimum Gasteiger partial charge on any atom is -0.395 e. The highest BCUT2D eigenvalue weighted by Crippen LogP contribution is 2.12. The van der Waals surface area contributed by atoms with Crippen LogP contribution in [0.25, 0.3) is 0 Å². The molecule has 0 aliphatic carbocycles. The van der Waals surface area contributed by atoms with E-state index in [0.29, 0.717) is 37.7 Å². The Balaban J connectivity index is 1.96. The zero-order chi connectivity index (χ0) is 14.7. The van der Waals surface area contributed by atoms with Crippen LogP contribution in [0.4, 0.5) is 5.69 Å². The number of nitrogen functional groups attached to an aromatic ring is 1. The number of H-pyrrole nitrogens is 1. The van der Waals surface area contributed by atoms with Gasteiger partial charge in [0.05, 0.1) is 24.6 Å². The van der Waals surface area contributed by atoms with Gasteiger partial charge in [-0.15, -0.1) is 0 Å². The van der Waals surface area contributed by atoms with Crippen molar-refractivity contribution in [3.05, 3.63) is 11.4 Å². The van der Waals surface area contributed by atoms with E-state index in [9.17, 15) is 9.59 Å². The van der Waals surface area contributed by atoms with Gasteiger partial charge in [-0.3, -0.25) is 14.7 Å². The van der Waals surface area contributed by atoms with E-state index in [1.165, 1.54) is 0 Å². The molecule has 1 unspecified atom stereocenters. The number of carbonyl (C=O) groups excluding carboxylic acids is 2. The largest absolute Gasteiger partial charge is 0.395 e. The van der Waals surface area contributed by atoms with E-state index < -0.39 is 11.9 Å². The van der Waals surface area contributed by atoms with Gasteiger partial charge >= 0.3 is 0 Å². The van der Waals surface area contributed by atoms with E-state index in [1.54, 1.807) is 18.7 Å². The van der Waals surface area contributed by atoms with Gasteiger partial charge in [-0.1, -0.05) is 0 Å². The normalized spacial score (nSPS) is 16.8. The zero-order valence-corrected chi connectivity index (χ0v) is 11.6. The van der Waals surface area contributed by atoms with E-state index in [0.717, 1.165) is 0 Å². The molecule has 1 aromatic rings. The lowest BCUT2D eigenvalue weighted by molar-refractivity contribution is -0.136. The van der Waals surface area contributed by atoms with Crippen LogP contribution in [-0.2, 0) is 9.53 Å². The van der Waals surface area contributed by atoms with Crippen molar-refractivity contribution in [1.82, 2.24) is 20.4 Å². The van der Waals surface area contributed by atoms with E-state index in [2.05, 4.69) is 15.5 Å². The van der Waals surface area contributed by atoms with E-state index in [4.69, 9.17) is 10.5 Å². The third-order valence-electron chi connectivity index (χ3n) is 3.25. The molecule has 2 amide bonds. The highest BCUT2D eigenvalue weighted by Gasteiger charge is 2.25. The Labute approximate surface area is 116 Å². The van der Waals surface area contributed by atoms with Crippen LogP contribution in [0, 0.1) is 6.92 Å². The van der Waals surface area contributed by atoms with Crippen molar-refractivity contribution >= 4 is 17.5 Å². The summed E-state index contributed by atoms with van der Waals surface area (Å²) >= 11 is 0. The fraction of sp³-hybridized carbons (Fsp3) is 0.583. The summed E-state index contributed by atoms with van der Waals surface area (Å²) in [6, 6.07) is -0.628. The third kappa shape index (κ3) is 2.90. The molecule has 0 aromatic carbocycles. The van der Waals surface area contributed by atoms with Gasteiger partial charge in [0.25, 0.3) is 5.91 Å². The van der Waals surface area contributed by atoms with Gasteiger partial charge in [-0.05, 0) is 13.8 Å². The highest BCUT2D eigenvalue weighted by molar-refractivity contribution is 6.00. The third-order valence-corrected chi connectivity index (χ3v) is 3.25. The number of aryl methyl sites for hydroxylation is 1. The quantitative estimate of drug-likeness (QED) is 0.676. The van der Waals surface area contributed by atoms with Crippen LogP contribution in [0.5, 0.6) is 0 Å². The van der Waals surface area contributed by atoms with Crippen LogP contribution >= 0.6 is 0 Å². The number of hydrogen-bond donors (Lipinski definition) is 3. The lowest BCUT2D eigenvalue weighted by Crippen LogP contribution is -2.50. The fourth-order valence-electron chi connectivity index (χ4n) is 2.00. The number of nitrogens with zero attached hydrogens (tertiary/aromatic N) is 2. The van der Waals surface area contributed by atoms with E-state index in [-0.39, 0.29) is 11.6 Å². The molecule has 1 aromatic heterocycles. The van der Waals surface area contributed by atoms with Crippen molar-refractivity contribution < 1.29 is 14.3 Å². The molecular weight excluding hydrogens is 262 g/mol. The van der Waals surface area contributed by atoms with Gasteiger partial charge in [-0.2, -0.15) is 5.10 Å². The maximum absolute atomic E-state index is 12.2. The van der Waals surface area contributed by atoms with Crippen molar-refractivity contribution in [1.29, 1.82) is 0 Å². The summed E-state index contributed by atoms with van der Waals surface area (Å²) in [6.07, 6.45) is 0. The minimum absolute atomic E-state index is 0.115. The summed E-state index contributed by atoms with van der Waals surface area (Å²) in [6.45, 7) is 5.51. The maximum Gasteiger partial charge on any atom is 0.274 e. The molecule has 0 spiro atoms. The van der Waals surface area contributed by atoms with Crippen molar-refractivity contribution in [2.75, 3.05) is 32.0 Å². The summed E-state index contributed by atoms with van der Waals surface area (Å²) in [4.78, 5) is 25.8. The average molecular weight is 281 g/mol. The number of amides is 2. The Bertz CT molecular complexity index is 507. The number of ether oxygens (including phenoxy) is 1. The Hall–Kier alpha value is -2.09. The monoisotopic (exact) mass is 281 g/mol. The molecule has 8 heteroatoms. The lowest BCUT2D eigenvalue weighted by atomic mass is 10.2. The molecule has 1 aliphatic heterocycles. The van der Waals surface area contributed by atoms with Crippen LogP contribution in [-0.4, -0.2) is 59.3 Å². The standard InChI is InChI=1S/C12H19N5O3/c1-7-9(13)10(16-15-7)11(18)14-8(2)12(19)17-3-5-20-6-4-17/h8H,3-6,13H2,1-2H3,(H,14,18)(H,15,16). The Morgan fingerprint density at radius 2 is 2.10 bits per heavy atom. The zero-order valence-electron chi connectivity index (χ0n) is 11.6. The van der Waals surface area contributed by atoms with Crippen LogP contribution in [0.3, 0.4) is 0 Å². The van der Waals surface area contributed by atoms with Crippen molar-refractivity contribution in [3.63, 3.8) is 0 Å². The fourth-order valence-corrected chi connectivity index (χ4v) is 2.00. The van der Waals surface area contributed by atoms with Gasteiger partial charge in [0.15, 0.2) is 5.69 Å². The number of nitrogens with two attached hydrogens (primary N) is 1. The number of hydrogen-bond acceptors (Lipinski definition) is 5. The number of anilines is 1. The number of aromatic nitrogens is 2. The van der Waals surface area contributed by atoms with Crippen molar-refractivity contribution in [3.8, 4) is 0 Å². The average Bonchev–Trinajstić information content (AvgIpc) is 2.79. The molecule has 1 fully saturated rings. The SMILES string of the molecule is Cc1[nH]nc(C(=O)NC(C)C(=O)N2CCOCC2)c1N.